The first-order valence-corrected chi connectivity index (χ1v) is 4.32. The van der Waals surface area contributed by atoms with E-state index in [0.717, 1.165) is 11.1 Å². The quantitative estimate of drug-likeness (QED) is 0.775. The maximum atomic E-state index is 10.5. The van der Waals surface area contributed by atoms with Crippen molar-refractivity contribution in [2.24, 2.45) is 0 Å². The number of rotatable bonds is 2. The van der Waals surface area contributed by atoms with E-state index in [1.807, 2.05) is 25.3 Å². The molecule has 0 aliphatic carbocycles. The van der Waals surface area contributed by atoms with Crippen molar-refractivity contribution in [2.45, 2.75) is 13.3 Å². The van der Waals surface area contributed by atoms with Gasteiger partial charge in [0.15, 0.2) is 0 Å². The van der Waals surface area contributed by atoms with E-state index in [2.05, 4.69) is 5.10 Å². The first-order chi connectivity index (χ1) is 6.65. The molecule has 0 aliphatic heterocycles. The topological polar surface area (TPSA) is 54.6 Å². The van der Waals surface area contributed by atoms with Crippen molar-refractivity contribution in [2.75, 3.05) is 0 Å². The van der Waals surface area contributed by atoms with Gasteiger partial charge in [-0.3, -0.25) is 4.79 Å². The highest BCUT2D eigenvalue weighted by Gasteiger charge is 2.05. The first-order valence-electron chi connectivity index (χ1n) is 4.32. The van der Waals surface area contributed by atoms with Crippen LogP contribution in [0.3, 0.4) is 0 Å². The number of hydrogen-bond donors (Lipinski definition) is 1. The summed E-state index contributed by atoms with van der Waals surface area (Å²) in [6.07, 6.45) is 1.80. The lowest BCUT2D eigenvalue weighted by atomic mass is 10.2. The highest BCUT2D eigenvalue weighted by Crippen LogP contribution is 2.09. The molecule has 4 heteroatoms. The normalized spacial score (nSPS) is 10.6. The molecular formula is C10H10N2O2. The van der Waals surface area contributed by atoms with Crippen LogP contribution in [0.5, 0.6) is 0 Å². The summed E-state index contributed by atoms with van der Waals surface area (Å²) < 4.78 is 1.69. The van der Waals surface area contributed by atoms with Crippen LogP contribution < -0.4 is 0 Å². The molecule has 72 valence electrons. The molecule has 1 N–H and O–H groups in total. The third kappa shape index (κ3) is 1.59. The van der Waals surface area contributed by atoms with E-state index in [9.17, 15) is 4.79 Å². The molecule has 0 fully saturated rings. The molecule has 0 radical (unpaired) electrons. The molecule has 0 bridgehead atoms. The van der Waals surface area contributed by atoms with Crippen LogP contribution in [-0.4, -0.2) is 20.7 Å². The van der Waals surface area contributed by atoms with Gasteiger partial charge in [-0.1, -0.05) is 0 Å². The zero-order chi connectivity index (χ0) is 10.1. The van der Waals surface area contributed by atoms with Gasteiger partial charge in [0.05, 0.1) is 17.6 Å². The van der Waals surface area contributed by atoms with Gasteiger partial charge in [-0.05, 0) is 30.7 Å². The van der Waals surface area contributed by atoms with Crippen LogP contribution in [0.4, 0.5) is 0 Å². The molecule has 2 aromatic rings. The van der Waals surface area contributed by atoms with Crippen LogP contribution in [0, 0.1) is 6.92 Å². The van der Waals surface area contributed by atoms with Crippen molar-refractivity contribution in [3.05, 3.63) is 35.7 Å². The Morgan fingerprint density at radius 1 is 1.57 bits per heavy atom. The first kappa shape index (κ1) is 8.74. The highest BCUT2D eigenvalue weighted by atomic mass is 16.4. The van der Waals surface area contributed by atoms with Crippen molar-refractivity contribution in [3.63, 3.8) is 0 Å². The molecule has 2 rings (SSSR count). The minimum absolute atomic E-state index is 0.0271. The molecule has 14 heavy (non-hydrogen) atoms. The third-order valence-corrected chi connectivity index (χ3v) is 2.00. The second-order valence-electron chi connectivity index (χ2n) is 3.28. The summed E-state index contributed by atoms with van der Waals surface area (Å²) >= 11 is 0. The van der Waals surface area contributed by atoms with Crippen LogP contribution in [-0.2, 0) is 11.2 Å². The van der Waals surface area contributed by atoms with Crippen molar-refractivity contribution in [3.8, 4) is 0 Å². The van der Waals surface area contributed by atoms with Gasteiger partial charge >= 0.3 is 5.97 Å². The van der Waals surface area contributed by atoms with Crippen molar-refractivity contribution in [1.82, 2.24) is 9.61 Å². The Morgan fingerprint density at radius 3 is 3.07 bits per heavy atom. The maximum absolute atomic E-state index is 10.5. The largest absolute Gasteiger partial charge is 0.481 e. The predicted octanol–water partition coefficient (Wildman–Crippen LogP) is 1.27. The Hall–Kier alpha value is -1.84. The molecule has 0 aromatic carbocycles. The summed E-state index contributed by atoms with van der Waals surface area (Å²) in [5, 5.41) is 12.7. The number of aromatic nitrogens is 2. The van der Waals surface area contributed by atoms with Crippen molar-refractivity contribution < 1.29 is 9.90 Å². The Balaban J connectivity index is 2.46. The van der Waals surface area contributed by atoms with Crippen LogP contribution in [0.2, 0.25) is 0 Å². The Kier molecular flexibility index (Phi) is 1.96. The highest BCUT2D eigenvalue weighted by molar-refractivity contribution is 5.70. The maximum Gasteiger partial charge on any atom is 0.309 e. The molecule has 0 saturated carbocycles. The summed E-state index contributed by atoms with van der Waals surface area (Å²) in [4.78, 5) is 10.5. The van der Waals surface area contributed by atoms with Crippen LogP contribution in [0.15, 0.2) is 24.4 Å². The SMILES string of the molecule is Cc1ccn2nc(CC(=O)O)cc2c1. The fourth-order valence-electron chi connectivity index (χ4n) is 1.40. The lowest BCUT2D eigenvalue weighted by molar-refractivity contribution is -0.136. The predicted molar refractivity (Wildman–Crippen MR) is 51.3 cm³/mol. The second-order valence-corrected chi connectivity index (χ2v) is 3.28. The summed E-state index contributed by atoms with van der Waals surface area (Å²) in [5.41, 5.74) is 2.66. The smallest absolute Gasteiger partial charge is 0.309 e. The number of aryl methyl sites for hydroxylation is 1. The molecule has 4 nitrogen and oxygen atoms in total. The summed E-state index contributed by atoms with van der Waals surface area (Å²) in [6.45, 7) is 1.99. The molecule has 0 saturated heterocycles. The average molecular weight is 190 g/mol. The van der Waals surface area contributed by atoms with Gasteiger partial charge in [0.25, 0.3) is 0 Å². The van der Waals surface area contributed by atoms with Gasteiger partial charge in [-0.15, -0.1) is 0 Å². The fourth-order valence-corrected chi connectivity index (χ4v) is 1.40. The van der Waals surface area contributed by atoms with Gasteiger partial charge in [0, 0.05) is 6.20 Å². The number of carboxylic acid groups (broad SMARTS) is 1. The Bertz CT molecular complexity index is 488. The molecule has 2 aromatic heterocycles. The lowest BCUT2D eigenvalue weighted by Crippen LogP contribution is -2.00. The van der Waals surface area contributed by atoms with E-state index in [0.29, 0.717) is 5.69 Å². The summed E-state index contributed by atoms with van der Waals surface area (Å²) in [6, 6.07) is 5.70. The second kappa shape index (κ2) is 3.14. The summed E-state index contributed by atoms with van der Waals surface area (Å²) in [5.74, 6) is -0.856. The van der Waals surface area contributed by atoms with E-state index in [1.54, 1.807) is 10.6 Å². The van der Waals surface area contributed by atoms with Crippen LogP contribution >= 0.6 is 0 Å². The van der Waals surface area contributed by atoms with Crippen LogP contribution in [0.1, 0.15) is 11.3 Å². The van der Waals surface area contributed by atoms with Crippen LogP contribution in [0.25, 0.3) is 5.52 Å². The minimum Gasteiger partial charge on any atom is -0.481 e. The van der Waals surface area contributed by atoms with Crippen molar-refractivity contribution in [1.29, 1.82) is 0 Å². The number of pyridine rings is 1. The number of nitrogens with zero attached hydrogens (tertiary/aromatic N) is 2. The molecule has 2 heterocycles. The number of carbonyl (C=O) groups is 1. The molecule has 0 aliphatic rings. The molecular weight excluding hydrogens is 180 g/mol. The Labute approximate surface area is 80.8 Å². The molecule has 0 spiro atoms. The molecule has 0 unspecified atom stereocenters. The molecule has 0 atom stereocenters. The average Bonchev–Trinajstić information content (AvgIpc) is 2.44. The number of aliphatic carboxylic acids is 1. The van der Waals surface area contributed by atoms with Gasteiger partial charge in [-0.2, -0.15) is 5.10 Å². The van der Waals surface area contributed by atoms with E-state index in [1.165, 1.54) is 0 Å². The lowest BCUT2D eigenvalue weighted by Gasteiger charge is -1.92. The monoisotopic (exact) mass is 190 g/mol. The Morgan fingerprint density at radius 2 is 2.36 bits per heavy atom. The van der Waals surface area contributed by atoms with Gasteiger partial charge in [-0.25, -0.2) is 4.52 Å². The van der Waals surface area contributed by atoms with Crippen molar-refractivity contribution >= 4 is 11.5 Å². The number of fused-ring (bicyclic) bond motifs is 1. The van der Waals surface area contributed by atoms with Gasteiger partial charge < -0.3 is 5.11 Å². The zero-order valence-corrected chi connectivity index (χ0v) is 7.77. The number of hydrogen-bond acceptors (Lipinski definition) is 2. The fraction of sp³-hybridized carbons (Fsp3) is 0.200. The minimum atomic E-state index is -0.856. The summed E-state index contributed by atoms with van der Waals surface area (Å²) in [7, 11) is 0. The zero-order valence-electron chi connectivity index (χ0n) is 7.77. The van der Waals surface area contributed by atoms with Gasteiger partial charge in [0.1, 0.15) is 0 Å². The third-order valence-electron chi connectivity index (χ3n) is 2.00. The van der Waals surface area contributed by atoms with E-state index < -0.39 is 5.97 Å². The van der Waals surface area contributed by atoms with E-state index in [-0.39, 0.29) is 6.42 Å². The van der Waals surface area contributed by atoms with Gasteiger partial charge in [0.2, 0.25) is 0 Å². The number of carboxylic acids is 1. The molecule has 0 amide bonds. The van der Waals surface area contributed by atoms with E-state index >= 15 is 0 Å². The van der Waals surface area contributed by atoms with E-state index in [4.69, 9.17) is 5.11 Å². The standard InChI is InChI=1S/C10H10N2O2/c1-7-2-3-12-9(4-7)5-8(11-12)6-10(13)14/h2-5H,6H2,1H3,(H,13,14).